The van der Waals surface area contributed by atoms with Crippen molar-refractivity contribution in [2.24, 2.45) is 0 Å². The molecule has 1 aromatic heterocycles. The lowest BCUT2D eigenvalue weighted by Gasteiger charge is -2.26. The van der Waals surface area contributed by atoms with E-state index in [2.05, 4.69) is 36.4 Å². The van der Waals surface area contributed by atoms with E-state index >= 15 is 0 Å². The Kier molecular flexibility index (Phi) is 8.41. The van der Waals surface area contributed by atoms with E-state index in [9.17, 15) is 10.1 Å². The molecule has 1 aromatic carbocycles. The summed E-state index contributed by atoms with van der Waals surface area (Å²) in [5, 5.41) is 9.72. The molecule has 0 amide bonds. The second kappa shape index (κ2) is 11.0. The van der Waals surface area contributed by atoms with E-state index in [-0.39, 0.29) is 6.61 Å². The third-order valence-corrected chi connectivity index (χ3v) is 4.42. The van der Waals surface area contributed by atoms with E-state index in [0.717, 1.165) is 44.3 Å². The fourth-order valence-electron chi connectivity index (χ4n) is 2.90. The molecule has 148 valence electrons. The zero-order valence-electron chi connectivity index (χ0n) is 16.7. The van der Waals surface area contributed by atoms with E-state index in [0.29, 0.717) is 17.0 Å². The molecule has 0 aliphatic carbocycles. The van der Waals surface area contributed by atoms with Crippen LogP contribution in [0.5, 0.6) is 0 Å². The Morgan fingerprint density at radius 3 is 2.36 bits per heavy atom. The summed E-state index contributed by atoms with van der Waals surface area (Å²) in [5.74, 6) is -1.15. The molecule has 6 nitrogen and oxygen atoms in total. The summed E-state index contributed by atoms with van der Waals surface area (Å²) in [6.45, 7) is 9.48. The predicted octanol–water partition coefficient (Wildman–Crippen LogP) is 4.37. The van der Waals surface area contributed by atoms with Gasteiger partial charge in [-0.3, -0.25) is 4.79 Å². The maximum Gasteiger partial charge on any atom is 0.330 e. The number of nitriles is 1. The maximum absolute atomic E-state index is 12.5. The van der Waals surface area contributed by atoms with Gasteiger partial charge in [0.1, 0.15) is 12.3 Å². The van der Waals surface area contributed by atoms with Gasteiger partial charge in [0.05, 0.1) is 17.1 Å². The van der Waals surface area contributed by atoms with Gasteiger partial charge in [-0.15, -0.1) is 0 Å². The fourth-order valence-corrected chi connectivity index (χ4v) is 2.90. The number of esters is 1. The minimum absolute atomic E-state index is 0.0583. The van der Waals surface area contributed by atoms with Crippen molar-refractivity contribution in [1.29, 1.82) is 5.26 Å². The van der Waals surface area contributed by atoms with Crippen LogP contribution < -0.4 is 4.90 Å². The molecule has 0 spiro atoms. The third kappa shape index (κ3) is 5.29. The summed E-state index contributed by atoms with van der Waals surface area (Å²) in [5.41, 5.74) is 1.77. The van der Waals surface area contributed by atoms with E-state index in [1.54, 1.807) is 0 Å². The Labute approximate surface area is 166 Å². The molecule has 1 atom stereocenters. The van der Waals surface area contributed by atoms with Crippen molar-refractivity contribution in [2.45, 2.75) is 45.4 Å². The molecule has 1 heterocycles. The largest absolute Gasteiger partial charge is 0.460 e. The molecule has 0 N–H and O–H groups in total. The quantitative estimate of drug-likeness (QED) is 0.425. The van der Waals surface area contributed by atoms with E-state index in [4.69, 9.17) is 9.72 Å². The molecule has 2 aromatic rings. The highest BCUT2D eigenvalue weighted by atomic mass is 16.5. The number of fused-ring (bicyclic) bond motifs is 1. The number of unbranched alkanes of at least 4 members (excludes halogenated alkanes) is 2. The molecule has 0 radical (unpaired) electrons. The minimum atomic E-state index is -1.13. The first-order valence-electron chi connectivity index (χ1n) is 9.85. The Hall–Kier alpha value is -2.94. The number of para-hydroxylation sites is 2. The molecule has 28 heavy (non-hydrogen) atoms. The van der Waals surface area contributed by atoms with Crippen molar-refractivity contribution < 1.29 is 9.53 Å². The van der Waals surface area contributed by atoms with Crippen molar-refractivity contribution in [3.63, 3.8) is 0 Å². The van der Waals surface area contributed by atoms with Gasteiger partial charge in [-0.25, -0.2) is 9.97 Å². The highest BCUT2D eigenvalue weighted by Gasteiger charge is 2.29. The molecule has 0 aliphatic heterocycles. The Morgan fingerprint density at radius 1 is 1.21 bits per heavy atom. The first-order valence-corrected chi connectivity index (χ1v) is 9.85. The number of nitrogens with zero attached hydrogens (tertiary/aromatic N) is 4. The van der Waals surface area contributed by atoms with Crippen LogP contribution in [0.2, 0.25) is 0 Å². The molecule has 6 heteroatoms. The van der Waals surface area contributed by atoms with Crippen LogP contribution in [0.3, 0.4) is 0 Å². The molecule has 2 rings (SSSR count). The lowest BCUT2D eigenvalue weighted by molar-refractivity contribution is -0.142. The number of hydrogen-bond donors (Lipinski definition) is 0. The SMILES string of the molecule is C=CCOC(=O)[C@@H](C#N)c1nc2ccccc2nc1N(CCCC)CCCC. The normalized spacial score (nSPS) is 11.6. The van der Waals surface area contributed by atoms with Gasteiger partial charge in [0.2, 0.25) is 0 Å². The van der Waals surface area contributed by atoms with E-state index in [1.807, 2.05) is 24.3 Å². The maximum atomic E-state index is 12.5. The van der Waals surface area contributed by atoms with Crippen LogP contribution in [0.4, 0.5) is 5.82 Å². The topological polar surface area (TPSA) is 79.1 Å². The molecule has 0 bridgehead atoms. The number of ether oxygens (including phenoxy) is 1. The summed E-state index contributed by atoms with van der Waals surface area (Å²) in [6, 6.07) is 9.56. The number of carbonyl (C=O) groups is 1. The van der Waals surface area contributed by atoms with Crippen LogP contribution in [0, 0.1) is 11.3 Å². The summed E-state index contributed by atoms with van der Waals surface area (Å²) < 4.78 is 5.14. The van der Waals surface area contributed by atoms with Gasteiger partial charge < -0.3 is 9.64 Å². The van der Waals surface area contributed by atoms with Crippen molar-refractivity contribution in [3.05, 3.63) is 42.6 Å². The molecule has 0 aliphatic rings. The van der Waals surface area contributed by atoms with Gasteiger partial charge in [0.15, 0.2) is 11.7 Å². The Bertz CT molecular complexity index is 836. The lowest BCUT2D eigenvalue weighted by Crippen LogP contribution is -2.30. The smallest absolute Gasteiger partial charge is 0.330 e. The molecule has 0 unspecified atom stereocenters. The number of aromatic nitrogens is 2. The van der Waals surface area contributed by atoms with Gasteiger partial charge in [0, 0.05) is 13.1 Å². The summed E-state index contributed by atoms with van der Waals surface area (Å²) in [4.78, 5) is 24.1. The first-order chi connectivity index (χ1) is 13.7. The third-order valence-electron chi connectivity index (χ3n) is 4.42. The number of benzene rings is 1. The second-order valence-corrected chi connectivity index (χ2v) is 6.60. The number of rotatable bonds is 11. The lowest BCUT2D eigenvalue weighted by atomic mass is 10.1. The van der Waals surface area contributed by atoms with Gasteiger partial charge in [0.25, 0.3) is 0 Å². The Morgan fingerprint density at radius 2 is 1.82 bits per heavy atom. The second-order valence-electron chi connectivity index (χ2n) is 6.60. The standard InChI is InChI=1S/C22H28N4O2/c1-4-7-13-26(14-8-5-2)21-20(17(16-23)22(27)28-15-6-3)24-18-11-9-10-12-19(18)25-21/h6,9-12,17H,3-5,7-8,13-15H2,1-2H3/t17-/m0/s1. The van der Waals surface area contributed by atoms with Crippen molar-refractivity contribution in [1.82, 2.24) is 9.97 Å². The number of hydrogen-bond acceptors (Lipinski definition) is 6. The molecule has 0 saturated carbocycles. The van der Waals surface area contributed by atoms with E-state index in [1.165, 1.54) is 6.08 Å². The minimum Gasteiger partial charge on any atom is -0.460 e. The molecular formula is C22H28N4O2. The monoisotopic (exact) mass is 380 g/mol. The van der Waals surface area contributed by atoms with Gasteiger partial charge >= 0.3 is 5.97 Å². The van der Waals surface area contributed by atoms with Crippen LogP contribution >= 0.6 is 0 Å². The molecule has 0 fully saturated rings. The van der Waals surface area contributed by atoms with Crippen LogP contribution in [0.15, 0.2) is 36.9 Å². The summed E-state index contributed by atoms with van der Waals surface area (Å²) in [6.07, 6.45) is 5.56. The van der Waals surface area contributed by atoms with Gasteiger partial charge in [-0.2, -0.15) is 5.26 Å². The van der Waals surface area contributed by atoms with Gasteiger partial charge in [-0.05, 0) is 25.0 Å². The first kappa shape index (κ1) is 21.4. The highest BCUT2D eigenvalue weighted by molar-refractivity contribution is 5.85. The average molecular weight is 380 g/mol. The summed E-state index contributed by atoms with van der Waals surface area (Å²) in [7, 11) is 0. The van der Waals surface area contributed by atoms with Crippen molar-refractivity contribution >= 4 is 22.8 Å². The van der Waals surface area contributed by atoms with Gasteiger partial charge in [-0.1, -0.05) is 51.5 Å². The van der Waals surface area contributed by atoms with Crippen LogP contribution in [-0.2, 0) is 9.53 Å². The molecular weight excluding hydrogens is 352 g/mol. The van der Waals surface area contributed by atoms with Crippen LogP contribution in [0.1, 0.15) is 51.1 Å². The van der Waals surface area contributed by atoms with Crippen molar-refractivity contribution in [3.8, 4) is 6.07 Å². The predicted molar refractivity (Wildman–Crippen MR) is 111 cm³/mol. The summed E-state index contributed by atoms with van der Waals surface area (Å²) >= 11 is 0. The zero-order valence-corrected chi connectivity index (χ0v) is 16.7. The highest BCUT2D eigenvalue weighted by Crippen LogP contribution is 2.28. The Balaban J connectivity index is 2.56. The molecule has 0 saturated heterocycles. The average Bonchev–Trinajstić information content (AvgIpc) is 2.72. The van der Waals surface area contributed by atoms with Crippen LogP contribution in [0.25, 0.3) is 11.0 Å². The van der Waals surface area contributed by atoms with Crippen LogP contribution in [-0.4, -0.2) is 35.6 Å². The zero-order chi connectivity index (χ0) is 20.4. The van der Waals surface area contributed by atoms with E-state index < -0.39 is 11.9 Å². The number of anilines is 1. The number of carbonyl (C=O) groups excluding carboxylic acids is 1. The van der Waals surface area contributed by atoms with Crippen molar-refractivity contribution in [2.75, 3.05) is 24.6 Å². The fraction of sp³-hybridized carbons (Fsp3) is 0.455.